The number of imide groups is 1. The third kappa shape index (κ3) is 3.07. The fourth-order valence-electron chi connectivity index (χ4n) is 4.00. The fourth-order valence-corrected chi connectivity index (χ4v) is 4.00. The van der Waals surface area contributed by atoms with Crippen molar-refractivity contribution in [1.29, 1.82) is 0 Å². The average molecular weight is 411 g/mol. The number of benzene rings is 3. The van der Waals surface area contributed by atoms with Crippen molar-refractivity contribution < 1.29 is 19.2 Å². The average Bonchev–Trinajstić information content (AvgIpc) is 3.20. The molecule has 0 spiro atoms. The van der Waals surface area contributed by atoms with Crippen molar-refractivity contribution in [2.75, 3.05) is 18.4 Å². The van der Waals surface area contributed by atoms with Gasteiger partial charge < -0.3 is 10.6 Å². The molecule has 152 valence electrons. The van der Waals surface area contributed by atoms with Crippen LogP contribution in [0.3, 0.4) is 0 Å². The van der Waals surface area contributed by atoms with Crippen LogP contribution in [0.25, 0.3) is 11.1 Å². The van der Waals surface area contributed by atoms with E-state index in [1.807, 2.05) is 24.3 Å². The summed E-state index contributed by atoms with van der Waals surface area (Å²) in [6.07, 6.45) is 0. The fraction of sp³-hybridized carbons (Fsp3) is 0.0833. The smallest absolute Gasteiger partial charge is 0.319 e. The van der Waals surface area contributed by atoms with Crippen LogP contribution in [0, 0.1) is 0 Å². The van der Waals surface area contributed by atoms with E-state index in [-0.39, 0.29) is 30.7 Å². The molecule has 7 heteroatoms. The molecule has 2 N–H and O–H groups in total. The minimum atomic E-state index is -0.487. The molecule has 2 aliphatic rings. The molecule has 0 saturated heterocycles. The number of fused-ring (bicyclic) bond motifs is 4. The summed E-state index contributed by atoms with van der Waals surface area (Å²) in [6, 6.07) is 18.8. The van der Waals surface area contributed by atoms with Crippen molar-refractivity contribution in [3.63, 3.8) is 0 Å². The van der Waals surface area contributed by atoms with E-state index in [9.17, 15) is 19.2 Å². The third-order valence-electron chi connectivity index (χ3n) is 5.48. The number of anilines is 1. The first-order valence-corrected chi connectivity index (χ1v) is 9.83. The van der Waals surface area contributed by atoms with Gasteiger partial charge in [0.05, 0.1) is 11.1 Å². The third-order valence-corrected chi connectivity index (χ3v) is 5.48. The molecule has 7 nitrogen and oxygen atoms in total. The Kier molecular flexibility index (Phi) is 4.36. The summed E-state index contributed by atoms with van der Waals surface area (Å²) in [7, 11) is 0. The van der Waals surface area contributed by atoms with E-state index in [0.717, 1.165) is 16.0 Å². The minimum absolute atomic E-state index is 0.0672. The SMILES string of the molecule is O=C(NCCN1C(=O)c2ccccc2C1=O)Nc1ccc2c(c1)C(=O)c1ccccc1-2. The van der Waals surface area contributed by atoms with Crippen LogP contribution in [0.1, 0.15) is 36.6 Å². The zero-order valence-electron chi connectivity index (χ0n) is 16.3. The molecular formula is C24H17N3O4. The van der Waals surface area contributed by atoms with E-state index >= 15 is 0 Å². The Morgan fingerprint density at radius 3 is 1.97 bits per heavy atom. The lowest BCUT2D eigenvalue weighted by molar-refractivity contribution is 0.0656. The van der Waals surface area contributed by atoms with Crippen LogP contribution in [0.2, 0.25) is 0 Å². The van der Waals surface area contributed by atoms with Crippen molar-refractivity contribution >= 4 is 29.3 Å². The summed E-state index contributed by atoms with van der Waals surface area (Å²) in [4.78, 5) is 50.7. The Morgan fingerprint density at radius 2 is 1.29 bits per heavy atom. The molecule has 0 bridgehead atoms. The van der Waals surface area contributed by atoms with Gasteiger partial charge in [0.25, 0.3) is 11.8 Å². The van der Waals surface area contributed by atoms with Gasteiger partial charge in [-0.15, -0.1) is 0 Å². The molecule has 0 saturated carbocycles. The Hall–Kier alpha value is -4.26. The Labute approximate surface area is 177 Å². The second-order valence-corrected chi connectivity index (χ2v) is 7.32. The number of rotatable bonds is 4. The predicted molar refractivity (Wildman–Crippen MR) is 114 cm³/mol. The topological polar surface area (TPSA) is 95.6 Å². The van der Waals surface area contributed by atoms with Crippen LogP contribution >= 0.6 is 0 Å². The highest BCUT2D eigenvalue weighted by Gasteiger charge is 2.34. The van der Waals surface area contributed by atoms with Crippen molar-refractivity contribution in [2.45, 2.75) is 0 Å². The monoisotopic (exact) mass is 411 g/mol. The van der Waals surface area contributed by atoms with Crippen molar-refractivity contribution in [1.82, 2.24) is 10.2 Å². The number of amides is 4. The molecule has 0 fully saturated rings. The Balaban J connectivity index is 1.20. The first-order valence-electron chi connectivity index (χ1n) is 9.83. The number of carbonyl (C=O) groups excluding carboxylic acids is 4. The lowest BCUT2D eigenvalue weighted by Crippen LogP contribution is -2.39. The molecular weight excluding hydrogens is 394 g/mol. The number of carbonyl (C=O) groups is 4. The summed E-state index contributed by atoms with van der Waals surface area (Å²) < 4.78 is 0. The minimum Gasteiger partial charge on any atom is -0.336 e. The zero-order chi connectivity index (χ0) is 21.5. The van der Waals surface area contributed by atoms with Gasteiger partial charge in [-0.1, -0.05) is 42.5 Å². The maximum Gasteiger partial charge on any atom is 0.319 e. The number of hydrogen-bond acceptors (Lipinski definition) is 4. The van der Waals surface area contributed by atoms with Crippen molar-refractivity contribution in [2.24, 2.45) is 0 Å². The molecule has 0 radical (unpaired) electrons. The highest BCUT2D eigenvalue weighted by molar-refractivity contribution is 6.22. The lowest BCUT2D eigenvalue weighted by Gasteiger charge is -2.14. The Morgan fingerprint density at radius 1 is 0.710 bits per heavy atom. The molecule has 0 aromatic heterocycles. The number of urea groups is 1. The molecule has 4 amide bonds. The van der Waals surface area contributed by atoms with Gasteiger partial charge in [0.15, 0.2) is 5.78 Å². The number of ketones is 1. The molecule has 1 heterocycles. The Bertz CT molecular complexity index is 1250. The summed E-state index contributed by atoms with van der Waals surface area (Å²) in [5.74, 6) is -0.792. The standard InChI is InChI=1S/C24H17N3O4/c28-21-17-6-2-1-5-15(17)16-10-9-14(13-20(16)21)26-24(31)25-11-12-27-22(29)18-7-3-4-8-19(18)23(27)30/h1-10,13H,11-12H2,(H2,25,26,31). The van der Waals surface area contributed by atoms with Crippen LogP contribution < -0.4 is 10.6 Å². The van der Waals surface area contributed by atoms with Gasteiger partial charge in [-0.3, -0.25) is 19.3 Å². The highest BCUT2D eigenvalue weighted by atomic mass is 16.2. The largest absolute Gasteiger partial charge is 0.336 e. The van der Waals surface area contributed by atoms with Gasteiger partial charge in [0.1, 0.15) is 0 Å². The molecule has 3 aromatic rings. The van der Waals surface area contributed by atoms with Gasteiger partial charge in [-0.2, -0.15) is 0 Å². The lowest BCUT2D eigenvalue weighted by atomic mass is 10.1. The number of hydrogen-bond donors (Lipinski definition) is 2. The van der Waals surface area contributed by atoms with E-state index in [0.29, 0.717) is 27.9 Å². The van der Waals surface area contributed by atoms with Crippen LogP contribution in [0.5, 0.6) is 0 Å². The quantitative estimate of drug-likeness (QED) is 0.504. The zero-order valence-corrected chi connectivity index (χ0v) is 16.3. The van der Waals surface area contributed by atoms with E-state index in [4.69, 9.17) is 0 Å². The maximum absolute atomic E-state index is 12.6. The van der Waals surface area contributed by atoms with Gasteiger partial charge in [-0.25, -0.2) is 4.79 Å². The molecule has 0 atom stereocenters. The van der Waals surface area contributed by atoms with Gasteiger partial charge in [-0.05, 0) is 35.4 Å². The van der Waals surface area contributed by atoms with Gasteiger partial charge in [0.2, 0.25) is 0 Å². The normalized spacial score (nSPS) is 13.7. The van der Waals surface area contributed by atoms with Crippen LogP contribution in [-0.2, 0) is 0 Å². The maximum atomic E-state index is 12.6. The van der Waals surface area contributed by atoms with E-state index < -0.39 is 6.03 Å². The van der Waals surface area contributed by atoms with Crippen LogP contribution in [-0.4, -0.2) is 41.6 Å². The van der Waals surface area contributed by atoms with Crippen molar-refractivity contribution in [3.8, 4) is 11.1 Å². The second kappa shape index (κ2) is 7.21. The number of nitrogens with zero attached hydrogens (tertiary/aromatic N) is 1. The van der Waals surface area contributed by atoms with Gasteiger partial charge in [0, 0.05) is 29.9 Å². The number of nitrogens with one attached hydrogen (secondary N) is 2. The van der Waals surface area contributed by atoms with Crippen LogP contribution in [0.15, 0.2) is 66.7 Å². The summed E-state index contributed by atoms with van der Waals surface area (Å²) >= 11 is 0. The first kappa shape index (κ1) is 18.7. The molecule has 31 heavy (non-hydrogen) atoms. The van der Waals surface area contributed by atoms with E-state index in [1.165, 1.54) is 0 Å². The molecule has 5 rings (SSSR count). The summed E-state index contributed by atoms with van der Waals surface area (Å²) in [5, 5.41) is 5.33. The van der Waals surface area contributed by atoms with Crippen molar-refractivity contribution in [3.05, 3.63) is 89.0 Å². The molecule has 0 unspecified atom stereocenters. The van der Waals surface area contributed by atoms with E-state index in [1.54, 1.807) is 42.5 Å². The molecule has 1 aliphatic carbocycles. The first-order chi connectivity index (χ1) is 15.0. The molecule has 3 aromatic carbocycles. The summed E-state index contributed by atoms with van der Waals surface area (Å²) in [5.41, 5.74) is 4.17. The molecule has 1 aliphatic heterocycles. The van der Waals surface area contributed by atoms with Crippen LogP contribution in [0.4, 0.5) is 10.5 Å². The highest BCUT2D eigenvalue weighted by Crippen LogP contribution is 2.37. The predicted octanol–water partition coefficient (Wildman–Crippen LogP) is 3.32. The summed E-state index contributed by atoms with van der Waals surface area (Å²) in [6.45, 7) is 0.171. The van der Waals surface area contributed by atoms with E-state index in [2.05, 4.69) is 10.6 Å². The van der Waals surface area contributed by atoms with Gasteiger partial charge >= 0.3 is 6.03 Å². The second-order valence-electron chi connectivity index (χ2n) is 7.32.